The second kappa shape index (κ2) is 8.90. The number of anilines is 1. The Morgan fingerprint density at radius 3 is 2.57 bits per heavy atom. The maximum atomic E-state index is 12.8. The molecule has 2 heterocycles. The zero-order chi connectivity index (χ0) is 21.9. The SMILES string of the molecule is CCOC(=O)c1c(-c2ccccc2)csc1NC(=O)c1nc(S(C)(=O)=O)ncc1Cl. The predicted octanol–water partition coefficient (Wildman–Crippen LogP) is 3.69. The average Bonchev–Trinajstić information content (AvgIpc) is 3.11. The van der Waals surface area contributed by atoms with E-state index < -0.39 is 26.9 Å². The third-order valence-corrected chi connectivity index (χ3v) is 5.88. The highest BCUT2D eigenvalue weighted by Crippen LogP contribution is 2.36. The molecule has 0 aliphatic heterocycles. The summed E-state index contributed by atoms with van der Waals surface area (Å²) >= 11 is 7.12. The number of thiophene rings is 1. The van der Waals surface area contributed by atoms with Crippen LogP contribution in [0.25, 0.3) is 11.1 Å². The molecule has 11 heteroatoms. The summed E-state index contributed by atoms with van der Waals surface area (Å²) in [6, 6.07) is 9.16. The van der Waals surface area contributed by atoms with Crippen LogP contribution in [0.2, 0.25) is 5.02 Å². The zero-order valence-electron chi connectivity index (χ0n) is 15.9. The predicted molar refractivity (Wildman–Crippen MR) is 114 cm³/mol. The molecule has 0 saturated heterocycles. The van der Waals surface area contributed by atoms with Crippen molar-refractivity contribution in [3.8, 4) is 11.1 Å². The van der Waals surface area contributed by atoms with Gasteiger partial charge in [-0.2, -0.15) is 0 Å². The van der Waals surface area contributed by atoms with Gasteiger partial charge in [-0.15, -0.1) is 11.3 Å². The van der Waals surface area contributed by atoms with Crippen LogP contribution in [0.1, 0.15) is 27.8 Å². The number of hydrogen-bond donors (Lipinski definition) is 1. The number of halogens is 1. The van der Waals surface area contributed by atoms with Gasteiger partial charge < -0.3 is 10.1 Å². The van der Waals surface area contributed by atoms with Gasteiger partial charge in [0, 0.05) is 17.2 Å². The lowest BCUT2D eigenvalue weighted by molar-refractivity contribution is 0.0529. The van der Waals surface area contributed by atoms with Crippen molar-refractivity contribution in [2.75, 3.05) is 18.2 Å². The Bertz CT molecular complexity index is 1210. The van der Waals surface area contributed by atoms with Gasteiger partial charge in [0.05, 0.1) is 17.8 Å². The van der Waals surface area contributed by atoms with Crippen LogP contribution in [0, 0.1) is 0 Å². The van der Waals surface area contributed by atoms with Crippen LogP contribution in [-0.2, 0) is 14.6 Å². The van der Waals surface area contributed by atoms with Crippen molar-refractivity contribution in [1.82, 2.24) is 9.97 Å². The lowest BCUT2D eigenvalue weighted by Gasteiger charge is -2.09. The topological polar surface area (TPSA) is 115 Å². The van der Waals surface area contributed by atoms with Gasteiger partial charge in [-0.1, -0.05) is 41.9 Å². The van der Waals surface area contributed by atoms with E-state index >= 15 is 0 Å². The van der Waals surface area contributed by atoms with Crippen LogP contribution in [0.4, 0.5) is 5.00 Å². The number of ether oxygens (including phenoxy) is 1. The number of sulfone groups is 1. The Hall–Kier alpha value is -2.82. The standard InChI is InChI=1S/C19H16ClN3O5S2/c1-3-28-18(25)14-12(11-7-5-4-6-8-11)10-29-17(14)23-16(24)15-13(20)9-21-19(22-15)30(2,26)27/h4-10H,3H2,1-2H3,(H,23,24). The number of esters is 1. The molecule has 0 aliphatic rings. The van der Waals surface area contributed by atoms with Crippen molar-refractivity contribution in [1.29, 1.82) is 0 Å². The van der Waals surface area contributed by atoms with E-state index in [1.54, 1.807) is 12.3 Å². The van der Waals surface area contributed by atoms with Crippen LogP contribution in [0.3, 0.4) is 0 Å². The molecule has 156 valence electrons. The molecule has 0 radical (unpaired) electrons. The highest BCUT2D eigenvalue weighted by Gasteiger charge is 2.25. The number of amides is 1. The van der Waals surface area contributed by atoms with E-state index in [0.717, 1.165) is 29.4 Å². The molecule has 0 aliphatic carbocycles. The number of nitrogens with one attached hydrogen (secondary N) is 1. The van der Waals surface area contributed by atoms with Gasteiger partial charge in [-0.3, -0.25) is 4.79 Å². The number of carbonyl (C=O) groups is 2. The number of benzene rings is 1. The maximum Gasteiger partial charge on any atom is 0.341 e. The summed E-state index contributed by atoms with van der Waals surface area (Å²) in [6.45, 7) is 1.84. The molecule has 30 heavy (non-hydrogen) atoms. The molecule has 1 N–H and O–H groups in total. The van der Waals surface area contributed by atoms with E-state index in [1.165, 1.54) is 0 Å². The van der Waals surface area contributed by atoms with E-state index in [4.69, 9.17) is 16.3 Å². The minimum Gasteiger partial charge on any atom is -0.462 e. The summed E-state index contributed by atoms with van der Waals surface area (Å²) in [5.74, 6) is -1.38. The summed E-state index contributed by atoms with van der Waals surface area (Å²) in [5.41, 5.74) is 1.24. The molecule has 1 amide bonds. The van der Waals surface area contributed by atoms with Crippen molar-refractivity contribution in [2.24, 2.45) is 0 Å². The van der Waals surface area contributed by atoms with E-state index in [2.05, 4.69) is 15.3 Å². The van der Waals surface area contributed by atoms with Gasteiger partial charge in [0.15, 0.2) is 5.69 Å². The summed E-state index contributed by atoms with van der Waals surface area (Å²) in [4.78, 5) is 32.8. The number of aromatic nitrogens is 2. The van der Waals surface area contributed by atoms with Gasteiger partial charge in [0.25, 0.3) is 5.91 Å². The molecule has 1 aromatic carbocycles. The van der Waals surface area contributed by atoms with Crippen molar-refractivity contribution in [2.45, 2.75) is 12.1 Å². The normalized spacial score (nSPS) is 11.2. The van der Waals surface area contributed by atoms with Gasteiger partial charge in [-0.05, 0) is 12.5 Å². The first kappa shape index (κ1) is 21.9. The van der Waals surface area contributed by atoms with Crippen molar-refractivity contribution < 1.29 is 22.7 Å². The Kier molecular flexibility index (Phi) is 6.49. The highest BCUT2D eigenvalue weighted by atomic mass is 35.5. The molecular weight excluding hydrogens is 450 g/mol. The molecule has 0 bridgehead atoms. The number of rotatable bonds is 6. The molecule has 0 fully saturated rings. The average molecular weight is 466 g/mol. The molecule has 2 aromatic heterocycles. The molecular formula is C19H16ClN3O5S2. The first-order valence-corrected chi connectivity index (χ1v) is 11.7. The largest absolute Gasteiger partial charge is 0.462 e. The first-order chi connectivity index (χ1) is 14.2. The molecule has 0 saturated carbocycles. The second-order valence-corrected chi connectivity index (χ2v) is 9.21. The monoisotopic (exact) mass is 465 g/mol. The van der Waals surface area contributed by atoms with Crippen molar-refractivity contribution in [3.05, 3.63) is 58.2 Å². The van der Waals surface area contributed by atoms with Gasteiger partial charge in [-0.25, -0.2) is 23.2 Å². The highest BCUT2D eigenvalue weighted by molar-refractivity contribution is 7.90. The lowest BCUT2D eigenvalue weighted by Crippen LogP contribution is -2.18. The third-order valence-electron chi connectivity index (χ3n) is 3.85. The van der Waals surface area contributed by atoms with Crippen LogP contribution in [0.5, 0.6) is 0 Å². The molecule has 0 unspecified atom stereocenters. The Balaban J connectivity index is 2.02. The Morgan fingerprint density at radius 1 is 1.23 bits per heavy atom. The lowest BCUT2D eigenvalue weighted by atomic mass is 10.0. The molecule has 0 spiro atoms. The molecule has 3 aromatic rings. The molecule has 3 rings (SSSR count). The van der Waals surface area contributed by atoms with Crippen molar-refractivity contribution in [3.63, 3.8) is 0 Å². The van der Waals surface area contributed by atoms with E-state index in [-0.39, 0.29) is 27.9 Å². The van der Waals surface area contributed by atoms with Gasteiger partial charge in [0.1, 0.15) is 10.6 Å². The summed E-state index contributed by atoms with van der Waals surface area (Å²) in [6.07, 6.45) is 1.96. The maximum absolute atomic E-state index is 12.8. The van der Waals surface area contributed by atoms with Crippen LogP contribution in [0.15, 0.2) is 47.1 Å². The Morgan fingerprint density at radius 2 is 1.93 bits per heavy atom. The smallest absolute Gasteiger partial charge is 0.341 e. The summed E-state index contributed by atoms with van der Waals surface area (Å²) in [5, 5.41) is 3.88. The third kappa shape index (κ3) is 4.66. The van der Waals surface area contributed by atoms with Gasteiger partial charge in [0.2, 0.25) is 15.0 Å². The number of nitrogens with zero attached hydrogens (tertiary/aromatic N) is 2. The van der Waals surface area contributed by atoms with E-state index in [0.29, 0.717) is 5.56 Å². The Labute approximate surface area is 181 Å². The fraction of sp³-hybridized carbons (Fsp3) is 0.158. The van der Waals surface area contributed by atoms with Crippen LogP contribution >= 0.6 is 22.9 Å². The van der Waals surface area contributed by atoms with Crippen LogP contribution < -0.4 is 5.32 Å². The zero-order valence-corrected chi connectivity index (χ0v) is 18.3. The first-order valence-electron chi connectivity index (χ1n) is 8.60. The molecule has 0 atom stereocenters. The second-order valence-electron chi connectivity index (χ2n) is 6.02. The van der Waals surface area contributed by atoms with Crippen molar-refractivity contribution >= 4 is 49.7 Å². The summed E-state index contributed by atoms with van der Waals surface area (Å²) in [7, 11) is -3.74. The number of hydrogen-bond acceptors (Lipinski definition) is 8. The minimum atomic E-state index is -3.74. The quantitative estimate of drug-likeness (QED) is 0.436. The fourth-order valence-electron chi connectivity index (χ4n) is 2.54. The van der Waals surface area contributed by atoms with Gasteiger partial charge >= 0.3 is 5.97 Å². The van der Waals surface area contributed by atoms with E-state index in [9.17, 15) is 18.0 Å². The fourth-order valence-corrected chi connectivity index (χ4v) is 4.17. The number of carbonyl (C=O) groups excluding carboxylic acids is 2. The van der Waals surface area contributed by atoms with E-state index in [1.807, 2.05) is 30.3 Å². The molecule has 8 nitrogen and oxygen atoms in total. The summed E-state index contributed by atoms with van der Waals surface area (Å²) < 4.78 is 28.5. The minimum absolute atomic E-state index is 0.127. The van der Waals surface area contributed by atoms with Crippen LogP contribution in [-0.4, -0.2) is 43.1 Å².